The van der Waals surface area contributed by atoms with E-state index in [4.69, 9.17) is 10.2 Å². The normalized spacial score (nSPS) is 10.9. The number of nitrogens with one attached hydrogen (secondary N) is 1. The number of aliphatic carboxylic acids is 2. The summed E-state index contributed by atoms with van der Waals surface area (Å²) in [6, 6.07) is 8.74. The van der Waals surface area contributed by atoms with E-state index in [0.29, 0.717) is 12.2 Å². The first kappa shape index (κ1) is 21.4. The molecule has 0 saturated carbocycles. The van der Waals surface area contributed by atoms with Gasteiger partial charge >= 0.3 is 11.9 Å². The molecule has 6 heteroatoms. The first-order valence-corrected chi connectivity index (χ1v) is 8.89. The number of carboxylic acids is 2. The molecule has 2 aromatic rings. The Balaban J connectivity index is 0.000000359. The average Bonchev–Trinajstić information content (AvgIpc) is 3.08. The molecule has 0 aliphatic rings. The van der Waals surface area contributed by atoms with Gasteiger partial charge in [0.05, 0.1) is 0 Å². The highest BCUT2D eigenvalue weighted by Gasteiger charge is 2.05. The predicted octanol–water partition coefficient (Wildman–Crippen LogP) is 3.54. The summed E-state index contributed by atoms with van der Waals surface area (Å²) >= 11 is 0. The summed E-state index contributed by atoms with van der Waals surface area (Å²) in [4.78, 5) is 25.0. The van der Waals surface area contributed by atoms with Crippen LogP contribution in [0.5, 0.6) is 0 Å². The topological polar surface area (TPSA) is 93.6 Å². The molecule has 0 radical (unpaired) electrons. The largest absolute Gasteiger partial charge is 0.478 e. The standard InChI is InChI=1S/C16H24N2.C4H4O4/c1-3-11-18(12-4-2)13-9-14-6-5-7-16-15(14)8-10-17-16;5-3(6)1-2-4(7)8/h5-8,10,17H,3-4,9,11-13H2,1-2H3;1-2H,(H,5,6)(H,7,8). The summed E-state index contributed by atoms with van der Waals surface area (Å²) in [5.41, 5.74) is 2.72. The van der Waals surface area contributed by atoms with Crippen molar-refractivity contribution in [2.45, 2.75) is 33.1 Å². The maximum Gasteiger partial charge on any atom is 0.328 e. The first-order valence-electron chi connectivity index (χ1n) is 8.89. The van der Waals surface area contributed by atoms with Crippen molar-refractivity contribution >= 4 is 22.8 Å². The van der Waals surface area contributed by atoms with Crippen LogP contribution in [-0.4, -0.2) is 51.7 Å². The molecule has 0 atom stereocenters. The van der Waals surface area contributed by atoms with Crippen molar-refractivity contribution < 1.29 is 19.8 Å². The van der Waals surface area contributed by atoms with Crippen LogP contribution in [0.4, 0.5) is 0 Å². The van der Waals surface area contributed by atoms with Crippen LogP contribution >= 0.6 is 0 Å². The molecule has 0 unspecified atom stereocenters. The van der Waals surface area contributed by atoms with Gasteiger partial charge in [-0.15, -0.1) is 0 Å². The molecule has 2 rings (SSSR count). The van der Waals surface area contributed by atoms with Crippen molar-refractivity contribution in [1.29, 1.82) is 0 Å². The minimum Gasteiger partial charge on any atom is -0.478 e. The van der Waals surface area contributed by atoms with E-state index in [9.17, 15) is 9.59 Å². The first-order chi connectivity index (χ1) is 12.5. The Morgan fingerprint density at radius 1 is 1.00 bits per heavy atom. The number of H-pyrrole nitrogens is 1. The lowest BCUT2D eigenvalue weighted by molar-refractivity contribution is -0.134. The molecule has 1 aromatic heterocycles. The summed E-state index contributed by atoms with van der Waals surface area (Å²) in [6.45, 7) is 8.13. The number of aromatic amines is 1. The highest BCUT2D eigenvalue weighted by molar-refractivity contribution is 5.89. The predicted molar refractivity (Wildman–Crippen MR) is 103 cm³/mol. The Kier molecular flexibility index (Phi) is 9.79. The molecule has 0 aliphatic carbocycles. The van der Waals surface area contributed by atoms with Gasteiger partial charge in [-0.3, -0.25) is 0 Å². The van der Waals surface area contributed by atoms with E-state index in [0.717, 1.165) is 6.42 Å². The molecule has 142 valence electrons. The molecule has 3 N–H and O–H groups in total. The third-order valence-electron chi connectivity index (χ3n) is 3.83. The third-order valence-corrected chi connectivity index (χ3v) is 3.83. The molecule has 6 nitrogen and oxygen atoms in total. The number of rotatable bonds is 9. The fourth-order valence-corrected chi connectivity index (χ4v) is 2.76. The molecule has 26 heavy (non-hydrogen) atoms. The number of fused-ring (bicyclic) bond motifs is 1. The van der Waals surface area contributed by atoms with Crippen LogP contribution in [0.1, 0.15) is 32.3 Å². The molecule has 0 spiro atoms. The van der Waals surface area contributed by atoms with Crippen LogP contribution in [0.15, 0.2) is 42.6 Å². The second-order valence-corrected chi connectivity index (χ2v) is 5.96. The van der Waals surface area contributed by atoms with Crippen molar-refractivity contribution in [3.8, 4) is 0 Å². The van der Waals surface area contributed by atoms with Gasteiger partial charge in [-0.05, 0) is 50.0 Å². The molecule has 1 aromatic carbocycles. The van der Waals surface area contributed by atoms with Crippen molar-refractivity contribution in [3.63, 3.8) is 0 Å². The second kappa shape index (κ2) is 11.9. The molecule has 0 aliphatic heterocycles. The smallest absolute Gasteiger partial charge is 0.328 e. The SMILES string of the molecule is CCCN(CCC)CCc1cccc2[nH]ccc12.O=C(O)C=CC(=O)O. The number of hydrogen-bond donors (Lipinski definition) is 3. The number of benzene rings is 1. The summed E-state index contributed by atoms with van der Waals surface area (Å²) < 4.78 is 0. The Bertz CT molecular complexity index is 699. The zero-order chi connectivity index (χ0) is 19.4. The number of carboxylic acid groups (broad SMARTS) is 2. The van der Waals surface area contributed by atoms with Gasteiger partial charge in [-0.1, -0.05) is 26.0 Å². The molecular formula is C20H28N2O4. The van der Waals surface area contributed by atoms with E-state index in [1.807, 2.05) is 6.20 Å². The summed E-state index contributed by atoms with van der Waals surface area (Å²) in [5.74, 6) is -2.51. The fraction of sp³-hybridized carbons (Fsp3) is 0.400. The van der Waals surface area contributed by atoms with Gasteiger partial charge in [0.2, 0.25) is 0 Å². The van der Waals surface area contributed by atoms with Gasteiger partial charge in [0.15, 0.2) is 0 Å². The van der Waals surface area contributed by atoms with Crippen LogP contribution in [-0.2, 0) is 16.0 Å². The van der Waals surface area contributed by atoms with Crippen LogP contribution in [0.25, 0.3) is 10.9 Å². The van der Waals surface area contributed by atoms with Crippen molar-refractivity contribution in [1.82, 2.24) is 9.88 Å². The van der Waals surface area contributed by atoms with E-state index in [1.165, 1.54) is 48.9 Å². The minimum absolute atomic E-state index is 0.558. The molecule has 0 saturated heterocycles. The summed E-state index contributed by atoms with van der Waals surface area (Å²) in [5, 5.41) is 17.0. The van der Waals surface area contributed by atoms with Crippen LogP contribution in [0, 0.1) is 0 Å². The number of aromatic nitrogens is 1. The maximum absolute atomic E-state index is 9.55. The summed E-state index contributed by atoms with van der Waals surface area (Å²) in [7, 11) is 0. The summed E-state index contributed by atoms with van der Waals surface area (Å²) in [6.07, 6.45) is 6.78. The van der Waals surface area contributed by atoms with E-state index in [1.54, 1.807) is 0 Å². The Hall–Kier alpha value is -2.60. The van der Waals surface area contributed by atoms with E-state index < -0.39 is 11.9 Å². The molecule has 0 amide bonds. The van der Waals surface area contributed by atoms with E-state index in [2.05, 4.69) is 48.0 Å². The van der Waals surface area contributed by atoms with Crippen LogP contribution < -0.4 is 0 Å². The van der Waals surface area contributed by atoms with E-state index >= 15 is 0 Å². The number of hydrogen-bond acceptors (Lipinski definition) is 3. The van der Waals surface area contributed by atoms with Crippen molar-refractivity contribution in [2.24, 2.45) is 0 Å². The highest BCUT2D eigenvalue weighted by Crippen LogP contribution is 2.18. The van der Waals surface area contributed by atoms with Gasteiger partial charge in [-0.2, -0.15) is 0 Å². The molecule has 1 heterocycles. The van der Waals surface area contributed by atoms with Crippen LogP contribution in [0.3, 0.4) is 0 Å². The molecule has 0 bridgehead atoms. The molecular weight excluding hydrogens is 332 g/mol. The fourth-order valence-electron chi connectivity index (χ4n) is 2.76. The third kappa shape index (κ3) is 7.98. The zero-order valence-corrected chi connectivity index (χ0v) is 15.4. The lowest BCUT2D eigenvalue weighted by Gasteiger charge is -2.21. The maximum atomic E-state index is 9.55. The van der Waals surface area contributed by atoms with Gasteiger partial charge in [0.25, 0.3) is 0 Å². The van der Waals surface area contributed by atoms with Crippen molar-refractivity contribution in [2.75, 3.05) is 19.6 Å². The quantitative estimate of drug-likeness (QED) is 0.595. The van der Waals surface area contributed by atoms with Crippen molar-refractivity contribution in [3.05, 3.63) is 48.2 Å². The number of carbonyl (C=O) groups is 2. The lowest BCUT2D eigenvalue weighted by atomic mass is 10.1. The Labute approximate surface area is 154 Å². The second-order valence-electron chi connectivity index (χ2n) is 5.96. The monoisotopic (exact) mass is 360 g/mol. The van der Waals surface area contributed by atoms with Gasteiger partial charge in [0, 0.05) is 35.8 Å². The average molecular weight is 360 g/mol. The zero-order valence-electron chi connectivity index (χ0n) is 15.4. The van der Waals surface area contributed by atoms with Crippen LogP contribution in [0.2, 0.25) is 0 Å². The highest BCUT2D eigenvalue weighted by atomic mass is 16.4. The Morgan fingerprint density at radius 2 is 1.62 bits per heavy atom. The van der Waals surface area contributed by atoms with Gasteiger partial charge < -0.3 is 20.1 Å². The van der Waals surface area contributed by atoms with Gasteiger partial charge in [0.1, 0.15) is 0 Å². The number of nitrogens with zero attached hydrogens (tertiary/aromatic N) is 1. The molecule has 0 fully saturated rings. The Morgan fingerprint density at radius 3 is 2.15 bits per heavy atom. The minimum atomic E-state index is -1.26. The van der Waals surface area contributed by atoms with Gasteiger partial charge in [-0.25, -0.2) is 9.59 Å². The van der Waals surface area contributed by atoms with E-state index in [-0.39, 0.29) is 0 Å². The lowest BCUT2D eigenvalue weighted by Crippen LogP contribution is -2.27.